The van der Waals surface area contributed by atoms with Crippen molar-refractivity contribution >= 4 is 22.8 Å². The number of benzene rings is 1. The van der Waals surface area contributed by atoms with Crippen molar-refractivity contribution in [2.24, 2.45) is 10.2 Å². The van der Waals surface area contributed by atoms with E-state index < -0.39 is 0 Å². The first-order valence-electron chi connectivity index (χ1n) is 8.67. The van der Waals surface area contributed by atoms with Crippen LogP contribution in [0.5, 0.6) is 0 Å². The summed E-state index contributed by atoms with van der Waals surface area (Å²) >= 11 is 0. The van der Waals surface area contributed by atoms with Gasteiger partial charge in [-0.15, -0.1) is 0 Å². The number of hydrogen-bond acceptors (Lipinski definition) is 5. The molecule has 0 unspecified atom stereocenters. The summed E-state index contributed by atoms with van der Waals surface area (Å²) in [4.78, 5) is 3.57. The molecule has 0 amide bonds. The molecule has 0 aliphatic rings. The standard InChI is InChI=1S/C19H17N9/c1-11-21-26-18-15(16(19(2,3)4)27-28(11)18)23-25-17-14(20-5)13(22-24-17)12-9-7-6-8-10-12/h6-10H,1-4H3/q-2. The van der Waals surface area contributed by atoms with Gasteiger partial charge in [-0.25, -0.2) is 4.85 Å². The lowest BCUT2D eigenvalue weighted by Gasteiger charge is -2.17. The van der Waals surface area contributed by atoms with Crippen molar-refractivity contribution in [3.8, 4) is 11.3 Å². The Morgan fingerprint density at radius 1 is 1.07 bits per heavy atom. The topological polar surface area (TPSA) is 100 Å². The van der Waals surface area contributed by atoms with Crippen LogP contribution in [0.2, 0.25) is 0 Å². The van der Waals surface area contributed by atoms with Crippen molar-refractivity contribution < 1.29 is 0 Å². The maximum atomic E-state index is 7.52. The summed E-state index contributed by atoms with van der Waals surface area (Å²) in [6, 6.07) is 9.42. The monoisotopic (exact) mass is 371 g/mol. The molecule has 0 N–H and O–H groups in total. The van der Waals surface area contributed by atoms with Crippen molar-refractivity contribution in [2.75, 3.05) is 0 Å². The molecule has 0 atom stereocenters. The molecule has 0 aliphatic heterocycles. The minimum absolute atomic E-state index is 0.171. The number of rotatable bonds is 3. The highest BCUT2D eigenvalue weighted by Gasteiger charge is 2.21. The summed E-state index contributed by atoms with van der Waals surface area (Å²) < 4.78 is 1.65. The number of nitrogens with zero attached hydrogens (tertiary/aromatic N) is 9. The normalized spacial score (nSPS) is 12.1. The van der Waals surface area contributed by atoms with E-state index in [9.17, 15) is 0 Å². The van der Waals surface area contributed by atoms with Crippen LogP contribution in [0.1, 0.15) is 32.3 Å². The maximum absolute atomic E-state index is 7.52. The molecule has 0 spiro atoms. The summed E-state index contributed by atoms with van der Waals surface area (Å²) in [7, 11) is 0. The van der Waals surface area contributed by atoms with Crippen molar-refractivity contribution in [3.05, 3.63) is 53.3 Å². The second-order valence-corrected chi connectivity index (χ2v) is 7.33. The fourth-order valence-corrected chi connectivity index (χ4v) is 2.83. The zero-order valence-corrected chi connectivity index (χ0v) is 15.9. The lowest BCUT2D eigenvalue weighted by atomic mass is 9.91. The summed E-state index contributed by atoms with van der Waals surface area (Å²) in [5.74, 6) is 0.840. The fourth-order valence-electron chi connectivity index (χ4n) is 2.83. The van der Waals surface area contributed by atoms with Gasteiger partial charge < -0.3 is 19.8 Å². The van der Waals surface area contributed by atoms with E-state index in [1.165, 1.54) is 0 Å². The van der Waals surface area contributed by atoms with Crippen LogP contribution in [0, 0.1) is 13.5 Å². The van der Waals surface area contributed by atoms with Crippen LogP contribution in [0.15, 0.2) is 40.6 Å². The average Bonchev–Trinajstić information content (AvgIpc) is 3.35. The highest BCUT2D eigenvalue weighted by Crippen LogP contribution is 2.38. The SMILES string of the molecule is [C-]#[N+]c1c(-c2ccccc2)n[n-]c1N=Nc1c(C(C)(C)C)nn2c(C)n[n-]c12. The van der Waals surface area contributed by atoms with E-state index in [0.717, 1.165) is 11.3 Å². The van der Waals surface area contributed by atoms with Gasteiger partial charge in [-0.3, -0.25) is 20.4 Å². The zero-order chi connectivity index (χ0) is 19.9. The Morgan fingerprint density at radius 2 is 1.82 bits per heavy atom. The molecule has 9 nitrogen and oxygen atoms in total. The molecule has 1 aromatic carbocycles. The third-order valence-corrected chi connectivity index (χ3v) is 4.23. The van der Waals surface area contributed by atoms with Crippen LogP contribution in [0.25, 0.3) is 21.7 Å². The number of aromatic nitrogens is 6. The number of aryl methyl sites for hydroxylation is 1. The summed E-state index contributed by atoms with van der Waals surface area (Å²) in [6.07, 6.45) is 0. The van der Waals surface area contributed by atoms with Gasteiger partial charge in [0.2, 0.25) is 5.69 Å². The van der Waals surface area contributed by atoms with Gasteiger partial charge in [0.1, 0.15) is 0 Å². The molecule has 140 valence electrons. The van der Waals surface area contributed by atoms with Gasteiger partial charge in [0.05, 0.1) is 23.6 Å². The van der Waals surface area contributed by atoms with Gasteiger partial charge in [-0.05, 0) is 18.3 Å². The van der Waals surface area contributed by atoms with Gasteiger partial charge in [0.25, 0.3) is 0 Å². The molecule has 0 saturated heterocycles. The van der Waals surface area contributed by atoms with Crippen LogP contribution in [-0.4, -0.2) is 19.8 Å². The van der Waals surface area contributed by atoms with Gasteiger partial charge in [-0.2, -0.15) is 0 Å². The Labute approximate surface area is 161 Å². The highest BCUT2D eigenvalue weighted by atomic mass is 15.4. The Kier molecular flexibility index (Phi) is 4.04. The Bertz CT molecular complexity index is 1210. The van der Waals surface area contributed by atoms with Crippen molar-refractivity contribution in [3.63, 3.8) is 0 Å². The second-order valence-electron chi connectivity index (χ2n) is 7.33. The average molecular weight is 371 g/mol. The summed E-state index contributed by atoms with van der Waals surface area (Å²) in [5, 5.41) is 29.5. The second kappa shape index (κ2) is 6.42. The van der Waals surface area contributed by atoms with Gasteiger partial charge in [-0.1, -0.05) is 51.1 Å². The molecule has 3 heterocycles. The maximum Gasteiger partial charge on any atom is 0.214 e. The largest absolute Gasteiger partial charge is 0.365 e. The van der Waals surface area contributed by atoms with E-state index in [1.54, 1.807) is 4.52 Å². The molecule has 28 heavy (non-hydrogen) atoms. The van der Waals surface area contributed by atoms with E-state index in [1.807, 2.05) is 58.0 Å². The number of azo groups is 1. The third kappa shape index (κ3) is 2.85. The Hall–Kier alpha value is -3.80. The van der Waals surface area contributed by atoms with Crippen LogP contribution in [-0.2, 0) is 5.41 Å². The fraction of sp³-hybridized carbons (Fsp3) is 0.263. The minimum Gasteiger partial charge on any atom is -0.365 e. The molecular formula is C19H17N9-2. The molecule has 0 aliphatic carbocycles. The van der Waals surface area contributed by atoms with Crippen molar-refractivity contribution in [1.82, 2.24) is 30.0 Å². The van der Waals surface area contributed by atoms with Crippen LogP contribution in [0.3, 0.4) is 0 Å². The van der Waals surface area contributed by atoms with Gasteiger partial charge in [0, 0.05) is 16.9 Å². The van der Waals surface area contributed by atoms with Crippen LogP contribution >= 0.6 is 0 Å². The third-order valence-electron chi connectivity index (χ3n) is 4.23. The number of hydrogen-bond donors (Lipinski definition) is 0. The lowest BCUT2D eigenvalue weighted by Crippen LogP contribution is -2.12. The first kappa shape index (κ1) is 17.6. The summed E-state index contributed by atoms with van der Waals surface area (Å²) in [5.41, 5.74) is 3.09. The molecule has 0 radical (unpaired) electrons. The van der Waals surface area contributed by atoms with E-state index in [2.05, 4.69) is 40.6 Å². The Balaban J connectivity index is 1.81. The van der Waals surface area contributed by atoms with E-state index >= 15 is 0 Å². The van der Waals surface area contributed by atoms with E-state index in [0.29, 0.717) is 22.9 Å². The van der Waals surface area contributed by atoms with Crippen molar-refractivity contribution in [1.29, 1.82) is 0 Å². The minimum atomic E-state index is -0.267. The van der Waals surface area contributed by atoms with E-state index in [-0.39, 0.29) is 16.9 Å². The number of fused-ring (bicyclic) bond motifs is 1. The van der Waals surface area contributed by atoms with Crippen LogP contribution in [0.4, 0.5) is 17.2 Å². The zero-order valence-electron chi connectivity index (χ0n) is 15.9. The van der Waals surface area contributed by atoms with Crippen LogP contribution < -0.4 is 10.2 Å². The van der Waals surface area contributed by atoms with E-state index in [4.69, 9.17) is 6.57 Å². The molecule has 4 aromatic rings. The molecule has 0 bridgehead atoms. The summed E-state index contributed by atoms with van der Waals surface area (Å²) in [6.45, 7) is 15.5. The van der Waals surface area contributed by atoms with Gasteiger partial charge >= 0.3 is 0 Å². The smallest absolute Gasteiger partial charge is 0.214 e. The molecule has 3 aromatic heterocycles. The molecule has 0 fully saturated rings. The molecular weight excluding hydrogens is 354 g/mol. The predicted molar refractivity (Wildman–Crippen MR) is 103 cm³/mol. The Morgan fingerprint density at radius 3 is 2.50 bits per heavy atom. The predicted octanol–water partition coefficient (Wildman–Crippen LogP) is 4.28. The van der Waals surface area contributed by atoms with Crippen molar-refractivity contribution in [2.45, 2.75) is 33.1 Å². The van der Waals surface area contributed by atoms with Gasteiger partial charge in [0.15, 0.2) is 0 Å². The highest BCUT2D eigenvalue weighted by molar-refractivity contribution is 5.82. The molecule has 0 saturated carbocycles. The first-order valence-corrected chi connectivity index (χ1v) is 8.67. The first-order chi connectivity index (χ1) is 13.4. The molecule has 9 heteroatoms. The molecule has 4 rings (SSSR count). The lowest BCUT2D eigenvalue weighted by molar-refractivity contribution is 0.561. The quantitative estimate of drug-likeness (QED) is 0.395.